The Morgan fingerprint density at radius 1 is 1.04 bits per heavy atom. The lowest BCUT2D eigenvalue weighted by molar-refractivity contribution is 0.0955. The molecule has 4 rings (SSSR count). The van der Waals surface area contributed by atoms with Crippen LogP contribution in [-0.4, -0.2) is 21.3 Å². The summed E-state index contributed by atoms with van der Waals surface area (Å²) in [6.45, 7) is 4.14. The minimum Gasteiger partial charge on any atom is -0.351 e. The molecule has 2 aromatic heterocycles. The van der Waals surface area contributed by atoms with Crippen molar-refractivity contribution >= 4 is 12.1 Å². The molecule has 1 amide bonds. The lowest BCUT2D eigenvalue weighted by atomic mass is 10.2. The monoisotopic (exact) mass is 374 g/mol. The minimum atomic E-state index is -0.209. The summed E-state index contributed by atoms with van der Waals surface area (Å²) in [6, 6.07) is 14.4. The molecule has 0 unspecified atom stereocenters. The van der Waals surface area contributed by atoms with Gasteiger partial charge in [0.05, 0.1) is 6.21 Å². The Hall–Kier alpha value is -3.08. The first-order valence-corrected chi connectivity index (χ1v) is 9.88. The highest BCUT2D eigenvalue weighted by Crippen LogP contribution is 2.29. The molecule has 1 fully saturated rings. The van der Waals surface area contributed by atoms with Gasteiger partial charge < -0.3 is 9.13 Å². The molecule has 144 valence electrons. The van der Waals surface area contributed by atoms with Gasteiger partial charge in [0.15, 0.2) is 0 Å². The van der Waals surface area contributed by atoms with Crippen LogP contribution in [-0.2, 0) is 0 Å². The van der Waals surface area contributed by atoms with E-state index in [0.29, 0.717) is 11.6 Å². The fraction of sp³-hybridized carbons (Fsp3) is 0.304. The van der Waals surface area contributed by atoms with E-state index in [1.807, 2.05) is 30.3 Å². The third-order valence-corrected chi connectivity index (χ3v) is 5.52. The van der Waals surface area contributed by atoms with Gasteiger partial charge in [-0.2, -0.15) is 5.10 Å². The number of hydrazone groups is 1. The van der Waals surface area contributed by atoms with Crippen LogP contribution in [0, 0.1) is 13.8 Å². The highest BCUT2D eigenvalue weighted by molar-refractivity contribution is 5.95. The number of benzene rings is 1. The maximum atomic E-state index is 12.3. The average Bonchev–Trinajstić information content (AvgIpc) is 3.44. The fourth-order valence-corrected chi connectivity index (χ4v) is 4.00. The maximum absolute atomic E-state index is 12.3. The van der Waals surface area contributed by atoms with Gasteiger partial charge in [0.1, 0.15) is 0 Å². The summed E-state index contributed by atoms with van der Waals surface area (Å²) in [5.41, 5.74) is 7.60. The molecule has 1 aliphatic carbocycles. The SMILES string of the molecule is Cc1ccc(C)n1-c1ccc(C(=O)N/N=C\c2ccn(C3CCCC3)c2)cc1. The zero-order valence-electron chi connectivity index (χ0n) is 16.4. The van der Waals surface area contributed by atoms with Crippen molar-refractivity contribution in [3.8, 4) is 5.69 Å². The molecule has 0 radical (unpaired) electrons. The lowest BCUT2D eigenvalue weighted by Gasteiger charge is -2.10. The second kappa shape index (κ2) is 7.89. The van der Waals surface area contributed by atoms with Gasteiger partial charge in [-0.15, -0.1) is 0 Å². The van der Waals surface area contributed by atoms with Gasteiger partial charge >= 0.3 is 0 Å². The standard InChI is InChI=1S/C23H26N4O/c1-17-7-8-18(2)27(17)22-11-9-20(10-12-22)23(28)25-24-15-19-13-14-26(16-19)21-5-3-4-6-21/h7-16,21H,3-6H2,1-2H3,(H,25,28)/b24-15-. The Kier molecular flexibility index (Phi) is 5.15. The largest absolute Gasteiger partial charge is 0.351 e. The van der Waals surface area contributed by atoms with Crippen LogP contribution in [0.3, 0.4) is 0 Å². The van der Waals surface area contributed by atoms with E-state index in [4.69, 9.17) is 0 Å². The second-order valence-corrected chi connectivity index (χ2v) is 7.53. The summed E-state index contributed by atoms with van der Waals surface area (Å²) in [5, 5.41) is 4.12. The molecule has 0 atom stereocenters. The molecule has 28 heavy (non-hydrogen) atoms. The molecule has 0 saturated heterocycles. The zero-order valence-corrected chi connectivity index (χ0v) is 16.4. The number of hydrogen-bond acceptors (Lipinski definition) is 2. The van der Waals surface area contributed by atoms with Crippen LogP contribution in [0.2, 0.25) is 0 Å². The van der Waals surface area contributed by atoms with Gasteiger partial charge in [-0.3, -0.25) is 4.79 Å². The fourth-order valence-electron chi connectivity index (χ4n) is 4.00. The predicted octanol–water partition coefficient (Wildman–Crippen LogP) is 4.77. The van der Waals surface area contributed by atoms with E-state index in [9.17, 15) is 4.79 Å². The molecular formula is C23H26N4O. The number of aryl methyl sites for hydroxylation is 2. The van der Waals surface area contributed by atoms with Crippen molar-refractivity contribution in [1.29, 1.82) is 0 Å². The van der Waals surface area contributed by atoms with Crippen LogP contribution in [0.4, 0.5) is 0 Å². The number of rotatable bonds is 5. The summed E-state index contributed by atoms with van der Waals surface area (Å²) in [4.78, 5) is 12.3. The third-order valence-electron chi connectivity index (χ3n) is 5.52. The molecule has 5 heteroatoms. The van der Waals surface area contributed by atoms with E-state index in [0.717, 1.165) is 11.3 Å². The van der Waals surface area contributed by atoms with E-state index in [2.05, 4.69) is 58.0 Å². The van der Waals surface area contributed by atoms with Gasteiger partial charge in [0.25, 0.3) is 5.91 Å². The third kappa shape index (κ3) is 3.79. The summed E-state index contributed by atoms with van der Waals surface area (Å²) < 4.78 is 4.43. The molecule has 3 aromatic rings. The Bertz CT molecular complexity index is 969. The van der Waals surface area contributed by atoms with Crippen LogP contribution >= 0.6 is 0 Å². The number of nitrogens with zero attached hydrogens (tertiary/aromatic N) is 3. The van der Waals surface area contributed by atoms with Gasteiger partial charge in [0, 0.05) is 46.6 Å². The molecule has 1 aromatic carbocycles. The number of nitrogens with one attached hydrogen (secondary N) is 1. The van der Waals surface area contributed by atoms with E-state index in [1.54, 1.807) is 6.21 Å². The van der Waals surface area contributed by atoms with Crippen molar-refractivity contribution in [3.05, 3.63) is 77.4 Å². The second-order valence-electron chi connectivity index (χ2n) is 7.53. The van der Waals surface area contributed by atoms with Crippen molar-refractivity contribution < 1.29 is 4.79 Å². The molecule has 0 spiro atoms. The van der Waals surface area contributed by atoms with E-state index >= 15 is 0 Å². The van der Waals surface area contributed by atoms with Gasteiger partial charge in [-0.25, -0.2) is 5.43 Å². The topological polar surface area (TPSA) is 51.3 Å². The van der Waals surface area contributed by atoms with Crippen molar-refractivity contribution in [3.63, 3.8) is 0 Å². The Balaban J connectivity index is 1.38. The zero-order chi connectivity index (χ0) is 19.5. The molecular weight excluding hydrogens is 348 g/mol. The van der Waals surface area contributed by atoms with Gasteiger partial charge in [-0.1, -0.05) is 12.8 Å². The number of amides is 1. The van der Waals surface area contributed by atoms with Crippen molar-refractivity contribution in [1.82, 2.24) is 14.6 Å². The maximum Gasteiger partial charge on any atom is 0.271 e. The first-order valence-electron chi connectivity index (χ1n) is 9.88. The normalized spacial score (nSPS) is 14.8. The minimum absolute atomic E-state index is 0.209. The van der Waals surface area contributed by atoms with Crippen LogP contribution in [0.1, 0.15) is 59.0 Å². The smallest absolute Gasteiger partial charge is 0.271 e. The molecule has 0 bridgehead atoms. The molecule has 1 aliphatic rings. The summed E-state index contributed by atoms with van der Waals surface area (Å²) in [6.07, 6.45) is 11.0. The Labute approximate surface area is 165 Å². The molecule has 5 nitrogen and oxygen atoms in total. The predicted molar refractivity (Wildman–Crippen MR) is 112 cm³/mol. The Morgan fingerprint density at radius 2 is 1.71 bits per heavy atom. The van der Waals surface area contributed by atoms with E-state index < -0.39 is 0 Å². The summed E-state index contributed by atoms with van der Waals surface area (Å²) >= 11 is 0. The quantitative estimate of drug-likeness (QED) is 0.507. The molecule has 2 heterocycles. The number of aromatic nitrogens is 2. The number of hydrogen-bond donors (Lipinski definition) is 1. The van der Waals surface area contributed by atoms with Gasteiger partial charge in [-0.05, 0) is 69.2 Å². The van der Waals surface area contributed by atoms with E-state index in [1.165, 1.54) is 37.1 Å². The van der Waals surface area contributed by atoms with E-state index in [-0.39, 0.29) is 5.91 Å². The van der Waals surface area contributed by atoms with Crippen LogP contribution in [0.5, 0.6) is 0 Å². The van der Waals surface area contributed by atoms with Crippen LogP contribution < -0.4 is 5.43 Å². The summed E-state index contributed by atoms with van der Waals surface area (Å²) in [5.74, 6) is -0.209. The highest BCUT2D eigenvalue weighted by Gasteiger charge is 2.16. The molecule has 0 aliphatic heterocycles. The average molecular weight is 374 g/mol. The van der Waals surface area contributed by atoms with Gasteiger partial charge in [0.2, 0.25) is 0 Å². The van der Waals surface area contributed by atoms with Crippen molar-refractivity contribution in [2.24, 2.45) is 5.10 Å². The number of carbonyl (C=O) groups excluding carboxylic acids is 1. The highest BCUT2D eigenvalue weighted by atomic mass is 16.2. The first kappa shape index (κ1) is 18.3. The van der Waals surface area contributed by atoms with Crippen LogP contribution in [0.25, 0.3) is 5.69 Å². The molecule has 1 saturated carbocycles. The van der Waals surface area contributed by atoms with Crippen molar-refractivity contribution in [2.45, 2.75) is 45.6 Å². The first-order chi connectivity index (χ1) is 13.6. The lowest BCUT2D eigenvalue weighted by Crippen LogP contribution is -2.17. The molecule has 1 N–H and O–H groups in total. The van der Waals surface area contributed by atoms with Crippen LogP contribution in [0.15, 0.2) is 60.0 Å². The number of carbonyl (C=O) groups is 1. The Morgan fingerprint density at radius 3 is 2.39 bits per heavy atom. The summed E-state index contributed by atoms with van der Waals surface area (Å²) in [7, 11) is 0. The van der Waals surface area contributed by atoms with Crippen molar-refractivity contribution in [2.75, 3.05) is 0 Å².